The molecule has 5 nitrogen and oxygen atoms in total. The van der Waals surface area contributed by atoms with Gasteiger partial charge in [0.1, 0.15) is 5.82 Å². The number of amides is 1. The van der Waals surface area contributed by atoms with E-state index in [1.807, 2.05) is 0 Å². The van der Waals surface area contributed by atoms with Crippen molar-refractivity contribution in [2.24, 2.45) is 0 Å². The van der Waals surface area contributed by atoms with E-state index in [0.29, 0.717) is 5.69 Å². The van der Waals surface area contributed by atoms with Crippen molar-refractivity contribution in [3.05, 3.63) is 54.1 Å². The highest BCUT2D eigenvalue weighted by Gasteiger charge is 2.12. The highest BCUT2D eigenvalue weighted by atomic mass is 19.1. The van der Waals surface area contributed by atoms with Crippen LogP contribution in [0.5, 0.6) is 0 Å². The topological polar surface area (TPSA) is 63.5 Å². The minimum absolute atomic E-state index is 0.0493. The average Bonchev–Trinajstić information content (AvgIpc) is 2.99. The molecule has 0 saturated heterocycles. The van der Waals surface area contributed by atoms with Gasteiger partial charge < -0.3 is 19.7 Å². The van der Waals surface area contributed by atoms with Crippen LogP contribution in [0.25, 0.3) is 5.69 Å². The third-order valence-corrected chi connectivity index (χ3v) is 2.95. The number of halogens is 1. The summed E-state index contributed by atoms with van der Waals surface area (Å²) in [6, 6.07) is 7.83. The third-order valence-electron chi connectivity index (χ3n) is 2.95. The lowest BCUT2D eigenvalue weighted by Crippen LogP contribution is -2.34. The second kappa shape index (κ2) is 7.01. The van der Waals surface area contributed by atoms with Gasteiger partial charge in [-0.25, -0.2) is 4.39 Å². The fourth-order valence-corrected chi connectivity index (χ4v) is 1.92. The Morgan fingerprint density at radius 2 is 2.14 bits per heavy atom. The van der Waals surface area contributed by atoms with E-state index in [2.05, 4.69) is 5.32 Å². The lowest BCUT2D eigenvalue weighted by molar-refractivity contribution is 0.0609. The maximum absolute atomic E-state index is 14.0. The SMILES string of the molecule is COCC(O)CNC(=O)c1ccc(-n2cccc2)c(F)c1. The third kappa shape index (κ3) is 3.90. The molecule has 21 heavy (non-hydrogen) atoms. The molecule has 2 N–H and O–H groups in total. The molecule has 1 amide bonds. The zero-order valence-corrected chi connectivity index (χ0v) is 11.6. The molecule has 0 aliphatic rings. The van der Waals surface area contributed by atoms with Crippen molar-refractivity contribution in [2.75, 3.05) is 20.3 Å². The number of carbonyl (C=O) groups excluding carboxylic acids is 1. The van der Waals surface area contributed by atoms with Crippen LogP contribution in [0, 0.1) is 5.82 Å². The van der Waals surface area contributed by atoms with Gasteiger partial charge in [-0.1, -0.05) is 0 Å². The van der Waals surface area contributed by atoms with Gasteiger partial charge in [-0.05, 0) is 30.3 Å². The van der Waals surface area contributed by atoms with Gasteiger partial charge in [0.15, 0.2) is 0 Å². The first-order valence-electron chi connectivity index (χ1n) is 6.50. The van der Waals surface area contributed by atoms with Crippen molar-refractivity contribution >= 4 is 5.91 Å². The number of rotatable bonds is 6. The van der Waals surface area contributed by atoms with Crippen LogP contribution in [0.15, 0.2) is 42.7 Å². The van der Waals surface area contributed by atoms with Crippen molar-refractivity contribution in [3.8, 4) is 5.69 Å². The monoisotopic (exact) mass is 292 g/mol. The fraction of sp³-hybridized carbons (Fsp3) is 0.267. The van der Waals surface area contributed by atoms with Gasteiger partial charge in [-0.15, -0.1) is 0 Å². The zero-order valence-electron chi connectivity index (χ0n) is 11.6. The Balaban J connectivity index is 2.04. The number of aliphatic hydroxyl groups excluding tert-OH is 1. The Labute approximate surface area is 122 Å². The summed E-state index contributed by atoms with van der Waals surface area (Å²) in [4.78, 5) is 11.9. The van der Waals surface area contributed by atoms with E-state index >= 15 is 0 Å². The van der Waals surface area contributed by atoms with E-state index in [9.17, 15) is 14.3 Å². The maximum atomic E-state index is 14.0. The summed E-state index contributed by atoms with van der Waals surface area (Å²) < 4.78 is 20.4. The minimum atomic E-state index is -0.789. The summed E-state index contributed by atoms with van der Waals surface area (Å²) in [5, 5.41) is 12.0. The number of carbonyl (C=O) groups is 1. The number of nitrogens with zero attached hydrogens (tertiary/aromatic N) is 1. The number of ether oxygens (including phenoxy) is 1. The second-order valence-electron chi connectivity index (χ2n) is 4.58. The predicted molar refractivity (Wildman–Crippen MR) is 75.9 cm³/mol. The van der Waals surface area contributed by atoms with Crippen LogP contribution >= 0.6 is 0 Å². The van der Waals surface area contributed by atoms with Gasteiger partial charge >= 0.3 is 0 Å². The van der Waals surface area contributed by atoms with Crippen LogP contribution in [-0.2, 0) is 4.74 Å². The van der Waals surface area contributed by atoms with Gasteiger partial charge in [-0.3, -0.25) is 4.79 Å². The number of aliphatic hydroxyl groups is 1. The van der Waals surface area contributed by atoms with E-state index in [0.717, 1.165) is 0 Å². The van der Waals surface area contributed by atoms with Crippen molar-refractivity contribution in [1.82, 2.24) is 9.88 Å². The predicted octanol–water partition coefficient (Wildman–Crippen LogP) is 1.35. The quantitative estimate of drug-likeness (QED) is 0.845. The van der Waals surface area contributed by atoms with Crippen molar-refractivity contribution < 1.29 is 19.0 Å². The molecule has 2 rings (SSSR count). The lowest BCUT2D eigenvalue weighted by Gasteiger charge is -2.11. The van der Waals surface area contributed by atoms with Gasteiger partial charge in [0.2, 0.25) is 0 Å². The molecular weight excluding hydrogens is 275 g/mol. The molecule has 2 aromatic rings. The molecule has 0 fully saturated rings. The molecule has 0 aliphatic heterocycles. The first-order chi connectivity index (χ1) is 10.1. The summed E-state index contributed by atoms with van der Waals surface area (Å²) in [6.07, 6.45) is 2.65. The fourth-order valence-electron chi connectivity index (χ4n) is 1.92. The largest absolute Gasteiger partial charge is 0.389 e. The summed E-state index contributed by atoms with van der Waals surface area (Å²) in [7, 11) is 1.46. The first kappa shape index (κ1) is 15.2. The Morgan fingerprint density at radius 3 is 2.76 bits per heavy atom. The summed E-state index contributed by atoms with van der Waals surface area (Å²) in [5.74, 6) is -0.931. The van der Waals surface area contributed by atoms with Crippen LogP contribution < -0.4 is 5.32 Å². The van der Waals surface area contributed by atoms with Crippen molar-refractivity contribution in [2.45, 2.75) is 6.10 Å². The molecule has 0 aliphatic carbocycles. The van der Waals surface area contributed by atoms with Crippen LogP contribution in [0.3, 0.4) is 0 Å². The molecule has 0 saturated carbocycles. The molecule has 1 aromatic heterocycles. The number of aromatic nitrogens is 1. The smallest absolute Gasteiger partial charge is 0.251 e. The van der Waals surface area contributed by atoms with E-state index < -0.39 is 17.8 Å². The molecule has 0 radical (unpaired) electrons. The average molecular weight is 292 g/mol. The Morgan fingerprint density at radius 1 is 1.43 bits per heavy atom. The molecule has 1 aromatic carbocycles. The first-order valence-corrected chi connectivity index (χ1v) is 6.50. The molecule has 1 heterocycles. The van der Waals surface area contributed by atoms with Crippen LogP contribution in [0.4, 0.5) is 4.39 Å². The number of benzene rings is 1. The van der Waals surface area contributed by atoms with Gasteiger partial charge in [0, 0.05) is 31.6 Å². The Hall–Kier alpha value is -2.18. The maximum Gasteiger partial charge on any atom is 0.251 e. The number of methoxy groups -OCH3 is 1. The lowest BCUT2D eigenvalue weighted by atomic mass is 10.1. The van der Waals surface area contributed by atoms with Crippen LogP contribution in [0.2, 0.25) is 0 Å². The van der Waals surface area contributed by atoms with Gasteiger partial charge in [-0.2, -0.15) is 0 Å². The highest BCUT2D eigenvalue weighted by Crippen LogP contribution is 2.15. The van der Waals surface area contributed by atoms with E-state index in [1.54, 1.807) is 29.1 Å². The van der Waals surface area contributed by atoms with Crippen LogP contribution in [-0.4, -0.2) is 41.9 Å². The molecule has 0 bridgehead atoms. The standard InChI is InChI=1S/C15H17FN2O3/c1-21-10-12(19)9-17-15(20)11-4-5-14(13(16)8-11)18-6-2-3-7-18/h2-8,12,19H,9-10H2,1H3,(H,17,20). The van der Waals surface area contributed by atoms with Gasteiger partial charge in [0.25, 0.3) is 5.91 Å². The zero-order chi connectivity index (χ0) is 15.2. The van der Waals surface area contributed by atoms with Crippen molar-refractivity contribution in [1.29, 1.82) is 0 Å². The van der Waals surface area contributed by atoms with E-state index in [-0.39, 0.29) is 18.7 Å². The Kier molecular flexibility index (Phi) is 5.08. The summed E-state index contributed by atoms with van der Waals surface area (Å²) >= 11 is 0. The number of hydrogen-bond donors (Lipinski definition) is 2. The molecule has 0 spiro atoms. The molecule has 1 atom stereocenters. The van der Waals surface area contributed by atoms with Crippen LogP contribution in [0.1, 0.15) is 10.4 Å². The molecule has 112 valence electrons. The molecule has 1 unspecified atom stereocenters. The summed E-state index contributed by atoms with van der Waals surface area (Å²) in [6.45, 7) is 0.175. The number of nitrogens with one attached hydrogen (secondary N) is 1. The normalized spacial score (nSPS) is 12.1. The molecular formula is C15H17FN2O3. The van der Waals surface area contributed by atoms with Crippen molar-refractivity contribution in [3.63, 3.8) is 0 Å². The second-order valence-corrected chi connectivity index (χ2v) is 4.58. The minimum Gasteiger partial charge on any atom is -0.389 e. The van der Waals surface area contributed by atoms with E-state index in [4.69, 9.17) is 4.74 Å². The van der Waals surface area contributed by atoms with E-state index in [1.165, 1.54) is 25.3 Å². The van der Waals surface area contributed by atoms with Gasteiger partial charge in [0.05, 0.1) is 18.4 Å². The summed E-state index contributed by atoms with van der Waals surface area (Å²) in [5.41, 5.74) is 0.573. The molecule has 6 heteroatoms. The Bertz CT molecular complexity index is 599. The highest BCUT2D eigenvalue weighted by molar-refractivity contribution is 5.94. The number of hydrogen-bond acceptors (Lipinski definition) is 3.